The highest BCUT2D eigenvalue weighted by Gasteiger charge is 2.18. The summed E-state index contributed by atoms with van der Waals surface area (Å²) in [5.41, 5.74) is 1.64. The molecule has 0 fully saturated rings. The molecule has 3 rings (SSSR count). The number of sulfonamides is 1. The van der Waals surface area contributed by atoms with E-state index in [1.807, 2.05) is 12.1 Å². The molecule has 0 aliphatic carbocycles. The van der Waals surface area contributed by atoms with Crippen LogP contribution >= 0.6 is 11.6 Å². The summed E-state index contributed by atoms with van der Waals surface area (Å²) in [5, 5.41) is 9.79. The quantitative estimate of drug-likeness (QED) is 0.674. The average Bonchev–Trinajstić information content (AvgIpc) is 2.62. The smallest absolute Gasteiger partial charge is 0.337 e. The zero-order chi connectivity index (χ0) is 18.7. The molecule has 0 unspecified atom stereocenters. The van der Waals surface area contributed by atoms with Gasteiger partial charge in [0.2, 0.25) is 0 Å². The molecule has 0 radical (unpaired) electrons. The van der Waals surface area contributed by atoms with E-state index in [4.69, 9.17) is 11.6 Å². The third-order valence-corrected chi connectivity index (χ3v) is 5.38. The Morgan fingerprint density at radius 2 is 1.38 bits per heavy atom. The zero-order valence-electron chi connectivity index (χ0n) is 13.4. The predicted molar refractivity (Wildman–Crippen MR) is 101 cm³/mol. The topological polar surface area (TPSA) is 83.5 Å². The van der Waals surface area contributed by atoms with Crippen molar-refractivity contribution in [3.8, 4) is 11.1 Å². The number of hydrogen-bond acceptors (Lipinski definition) is 3. The summed E-state index contributed by atoms with van der Waals surface area (Å²) < 4.78 is 27.4. The maximum Gasteiger partial charge on any atom is 0.337 e. The summed E-state index contributed by atoms with van der Waals surface area (Å²) in [4.78, 5) is 11.3. The molecule has 0 amide bonds. The van der Waals surface area contributed by atoms with E-state index in [0.29, 0.717) is 5.02 Å². The molecule has 0 heterocycles. The highest BCUT2D eigenvalue weighted by molar-refractivity contribution is 7.92. The molecule has 3 aromatic carbocycles. The van der Waals surface area contributed by atoms with Crippen molar-refractivity contribution in [2.45, 2.75) is 4.90 Å². The maximum atomic E-state index is 12.5. The minimum atomic E-state index is -3.91. The first-order chi connectivity index (χ1) is 12.4. The Morgan fingerprint density at radius 3 is 1.96 bits per heavy atom. The van der Waals surface area contributed by atoms with E-state index in [1.165, 1.54) is 30.3 Å². The molecule has 0 aliphatic rings. The summed E-state index contributed by atoms with van der Waals surface area (Å²) in [5.74, 6) is -1.21. The van der Waals surface area contributed by atoms with Gasteiger partial charge >= 0.3 is 5.97 Å². The van der Waals surface area contributed by atoms with Gasteiger partial charge in [-0.15, -0.1) is 0 Å². The highest BCUT2D eigenvalue weighted by atomic mass is 35.5. The summed E-state index contributed by atoms with van der Waals surface area (Å²) in [6.45, 7) is 0. The second-order valence-electron chi connectivity index (χ2n) is 5.49. The molecule has 132 valence electrons. The number of carboxylic acids is 1. The monoisotopic (exact) mass is 387 g/mol. The third-order valence-electron chi connectivity index (χ3n) is 3.74. The number of anilines is 1. The molecule has 0 aliphatic heterocycles. The molecule has 0 saturated heterocycles. The van der Waals surface area contributed by atoms with Crippen molar-refractivity contribution in [1.82, 2.24) is 0 Å². The SMILES string of the molecule is O=C(O)c1ccccc1NS(=O)(=O)c1ccc(-c2ccc(Cl)cc2)cc1. The first kappa shape index (κ1) is 18.0. The van der Waals surface area contributed by atoms with Crippen molar-refractivity contribution in [3.05, 3.63) is 83.4 Å². The molecule has 2 N–H and O–H groups in total. The predicted octanol–water partition coefficient (Wildman–Crippen LogP) is 4.51. The molecular weight excluding hydrogens is 374 g/mol. The van der Waals surface area contributed by atoms with E-state index < -0.39 is 16.0 Å². The number of nitrogens with one attached hydrogen (secondary N) is 1. The van der Waals surface area contributed by atoms with Crippen LogP contribution in [0.1, 0.15) is 10.4 Å². The lowest BCUT2D eigenvalue weighted by Gasteiger charge is -2.11. The molecule has 0 aromatic heterocycles. The van der Waals surface area contributed by atoms with Crippen LogP contribution in [0.2, 0.25) is 5.02 Å². The summed E-state index contributed by atoms with van der Waals surface area (Å²) in [7, 11) is -3.91. The Morgan fingerprint density at radius 1 is 0.846 bits per heavy atom. The number of para-hydroxylation sites is 1. The molecule has 5 nitrogen and oxygen atoms in total. The van der Waals surface area contributed by atoms with Crippen LogP contribution in [0, 0.1) is 0 Å². The van der Waals surface area contributed by atoms with Gasteiger partial charge < -0.3 is 5.11 Å². The van der Waals surface area contributed by atoms with Crippen LogP contribution in [-0.4, -0.2) is 19.5 Å². The molecule has 26 heavy (non-hydrogen) atoms. The van der Waals surface area contributed by atoms with Crippen LogP contribution in [0.5, 0.6) is 0 Å². The number of hydrogen-bond donors (Lipinski definition) is 2. The molecular formula is C19H14ClNO4S. The molecule has 3 aromatic rings. The second-order valence-corrected chi connectivity index (χ2v) is 7.61. The van der Waals surface area contributed by atoms with Gasteiger partial charge in [-0.2, -0.15) is 0 Å². The van der Waals surface area contributed by atoms with Gasteiger partial charge in [-0.25, -0.2) is 13.2 Å². The van der Waals surface area contributed by atoms with Gasteiger partial charge in [0.15, 0.2) is 0 Å². The van der Waals surface area contributed by atoms with Crippen molar-refractivity contribution < 1.29 is 18.3 Å². The Balaban J connectivity index is 1.89. The van der Waals surface area contributed by atoms with Crippen molar-refractivity contribution in [1.29, 1.82) is 0 Å². The Bertz CT molecular complexity index is 1050. The summed E-state index contributed by atoms with van der Waals surface area (Å²) in [6.07, 6.45) is 0. The fourth-order valence-electron chi connectivity index (χ4n) is 2.43. The lowest BCUT2D eigenvalue weighted by Crippen LogP contribution is -2.15. The van der Waals surface area contributed by atoms with E-state index in [-0.39, 0.29) is 16.1 Å². The standard InChI is InChI=1S/C19H14ClNO4S/c20-15-9-5-13(6-10-15)14-7-11-16(12-8-14)26(24,25)21-18-4-2-1-3-17(18)19(22)23/h1-12,21H,(H,22,23). The van der Waals surface area contributed by atoms with Crippen LogP contribution in [0.15, 0.2) is 77.7 Å². The highest BCUT2D eigenvalue weighted by Crippen LogP contribution is 2.25. The second kappa shape index (κ2) is 7.19. The van der Waals surface area contributed by atoms with Crippen LogP contribution in [0.3, 0.4) is 0 Å². The third kappa shape index (κ3) is 3.87. The first-order valence-corrected chi connectivity index (χ1v) is 9.44. The normalized spacial score (nSPS) is 11.1. The van der Waals surface area contributed by atoms with Crippen LogP contribution in [0.25, 0.3) is 11.1 Å². The number of benzene rings is 3. The summed E-state index contributed by atoms with van der Waals surface area (Å²) >= 11 is 5.87. The fraction of sp³-hybridized carbons (Fsp3) is 0. The first-order valence-electron chi connectivity index (χ1n) is 7.58. The Labute approximate surface area is 155 Å². The lowest BCUT2D eigenvalue weighted by molar-refractivity contribution is 0.0698. The van der Waals surface area contributed by atoms with E-state index in [1.54, 1.807) is 30.3 Å². The molecule has 0 saturated carbocycles. The Hall–Kier alpha value is -2.83. The average molecular weight is 388 g/mol. The van der Waals surface area contributed by atoms with E-state index in [2.05, 4.69) is 4.72 Å². The van der Waals surface area contributed by atoms with E-state index in [9.17, 15) is 18.3 Å². The van der Waals surface area contributed by atoms with Crippen LogP contribution < -0.4 is 4.72 Å². The van der Waals surface area contributed by atoms with Crippen molar-refractivity contribution in [3.63, 3.8) is 0 Å². The molecule has 0 atom stereocenters. The van der Waals surface area contributed by atoms with E-state index in [0.717, 1.165) is 11.1 Å². The van der Waals surface area contributed by atoms with Gasteiger partial charge in [-0.1, -0.05) is 48.0 Å². The maximum absolute atomic E-state index is 12.5. The van der Waals surface area contributed by atoms with Crippen LogP contribution in [0.4, 0.5) is 5.69 Å². The van der Waals surface area contributed by atoms with Gasteiger partial charge in [-0.05, 0) is 47.5 Å². The van der Waals surface area contributed by atoms with Gasteiger partial charge in [-0.3, -0.25) is 4.72 Å². The van der Waals surface area contributed by atoms with Gasteiger partial charge in [0, 0.05) is 5.02 Å². The van der Waals surface area contributed by atoms with E-state index >= 15 is 0 Å². The summed E-state index contributed by atoms with van der Waals surface area (Å²) in [6, 6.07) is 19.3. The number of carbonyl (C=O) groups is 1. The van der Waals surface area contributed by atoms with Crippen molar-refractivity contribution >= 4 is 33.3 Å². The number of halogens is 1. The zero-order valence-corrected chi connectivity index (χ0v) is 15.0. The lowest BCUT2D eigenvalue weighted by atomic mass is 10.1. The number of carboxylic acid groups (broad SMARTS) is 1. The van der Waals surface area contributed by atoms with Gasteiger partial charge in [0.1, 0.15) is 0 Å². The molecule has 0 bridgehead atoms. The number of rotatable bonds is 5. The van der Waals surface area contributed by atoms with Crippen molar-refractivity contribution in [2.24, 2.45) is 0 Å². The molecule has 7 heteroatoms. The van der Waals surface area contributed by atoms with Crippen molar-refractivity contribution in [2.75, 3.05) is 4.72 Å². The minimum absolute atomic E-state index is 0.0155. The van der Waals surface area contributed by atoms with Gasteiger partial charge in [0.05, 0.1) is 16.1 Å². The minimum Gasteiger partial charge on any atom is -0.478 e. The fourth-order valence-corrected chi connectivity index (χ4v) is 3.64. The Kier molecular flexibility index (Phi) is 4.97. The van der Waals surface area contributed by atoms with Crippen LogP contribution in [-0.2, 0) is 10.0 Å². The number of aromatic carboxylic acids is 1. The molecule has 0 spiro atoms. The van der Waals surface area contributed by atoms with Gasteiger partial charge in [0.25, 0.3) is 10.0 Å². The largest absolute Gasteiger partial charge is 0.478 e.